The van der Waals surface area contributed by atoms with Crippen LogP contribution in [-0.4, -0.2) is 22.2 Å². The van der Waals surface area contributed by atoms with Crippen LogP contribution in [0.3, 0.4) is 0 Å². The molecule has 1 saturated carbocycles. The molecule has 6 heteroatoms. The molecule has 0 aliphatic heterocycles. The molecule has 2 nitrogen and oxygen atoms in total. The Bertz CT molecular complexity index is 517. The van der Waals surface area contributed by atoms with Gasteiger partial charge in [0.15, 0.2) is 0 Å². The first kappa shape index (κ1) is 15.2. The lowest BCUT2D eigenvalue weighted by atomic mass is 10.1. The average molecular weight is 341 g/mol. The Morgan fingerprint density at radius 3 is 2.47 bits per heavy atom. The maximum Gasteiger partial charge on any atom is 0.229 e. The van der Waals surface area contributed by atoms with Crippen LogP contribution < -0.4 is 0 Å². The maximum absolute atomic E-state index is 12.2. The largest absolute Gasteiger partial charge is 0.339 e. The number of halogens is 4. The van der Waals surface area contributed by atoms with Crippen molar-refractivity contribution < 1.29 is 4.79 Å². The van der Waals surface area contributed by atoms with Gasteiger partial charge < -0.3 is 4.90 Å². The van der Waals surface area contributed by atoms with Gasteiger partial charge in [0.1, 0.15) is 4.33 Å². The highest BCUT2D eigenvalue weighted by atomic mass is 35.5. The zero-order chi connectivity index (χ0) is 14.4. The van der Waals surface area contributed by atoms with Crippen LogP contribution in [0.5, 0.6) is 0 Å². The Kier molecular flexibility index (Phi) is 4.27. The van der Waals surface area contributed by atoms with Crippen LogP contribution in [0, 0.1) is 5.92 Å². The molecule has 1 amide bonds. The van der Waals surface area contributed by atoms with Crippen LogP contribution in [0.1, 0.15) is 24.9 Å². The summed E-state index contributed by atoms with van der Waals surface area (Å²) in [5, 5.41) is 1.11. The van der Waals surface area contributed by atoms with Crippen molar-refractivity contribution in [2.24, 2.45) is 5.92 Å². The molecule has 19 heavy (non-hydrogen) atoms. The summed E-state index contributed by atoms with van der Waals surface area (Å²) in [6.45, 7) is 1.90. The van der Waals surface area contributed by atoms with Crippen molar-refractivity contribution in [1.82, 2.24) is 4.90 Å². The third kappa shape index (κ3) is 3.13. The molecule has 1 fully saturated rings. The summed E-state index contributed by atoms with van der Waals surface area (Å²) in [6, 6.07) is 5.07. The van der Waals surface area contributed by atoms with Crippen LogP contribution in [0.25, 0.3) is 0 Å². The van der Waals surface area contributed by atoms with Crippen LogP contribution in [-0.2, 0) is 4.79 Å². The number of carbonyl (C=O) groups is 1. The zero-order valence-corrected chi connectivity index (χ0v) is 13.5. The first-order valence-corrected chi connectivity index (χ1v) is 7.34. The number of nitrogens with zero attached hydrogens (tertiary/aromatic N) is 1. The Hall–Kier alpha value is -0.150. The van der Waals surface area contributed by atoms with Crippen molar-refractivity contribution in [2.75, 3.05) is 7.05 Å². The first-order valence-electron chi connectivity index (χ1n) is 5.83. The number of rotatable bonds is 3. The molecule has 1 aromatic rings. The van der Waals surface area contributed by atoms with E-state index < -0.39 is 4.33 Å². The van der Waals surface area contributed by atoms with Crippen LogP contribution >= 0.6 is 46.4 Å². The molecule has 1 aliphatic rings. The minimum atomic E-state index is -0.908. The predicted molar refractivity (Wildman–Crippen MR) is 80.2 cm³/mol. The smallest absolute Gasteiger partial charge is 0.229 e. The molecule has 1 aromatic carbocycles. The molecule has 2 unspecified atom stereocenters. The standard InChI is InChI=1S/C13H13Cl4NO/c1-7(9-4-3-8(14)5-11(9)15)18(2)12(19)10-6-13(10,16)17/h3-5,7,10H,6H2,1-2H3. The molecule has 2 atom stereocenters. The lowest BCUT2D eigenvalue weighted by Gasteiger charge is -2.26. The molecule has 0 saturated heterocycles. The average Bonchev–Trinajstić information content (AvgIpc) is 2.96. The van der Waals surface area contributed by atoms with Gasteiger partial charge in [-0.3, -0.25) is 4.79 Å². The summed E-state index contributed by atoms with van der Waals surface area (Å²) < 4.78 is -0.908. The van der Waals surface area contributed by atoms with Gasteiger partial charge in [0.05, 0.1) is 12.0 Å². The summed E-state index contributed by atoms with van der Waals surface area (Å²) in [6.07, 6.45) is 0.500. The number of hydrogen-bond acceptors (Lipinski definition) is 1. The highest BCUT2D eigenvalue weighted by Crippen LogP contribution is 2.54. The molecule has 0 heterocycles. The van der Waals surface area contributed by atoms with Crippen molar-refractivity contribution in [3.8, 4) is 0 Å². The maximum atomic E-state index is 12.2. The Labute approximate surface area is 132 Å². The highest BCUT2D eigenvalue weighted by molar-refractivity contribution is 6.52. The molecule has 0 bridgehead atoms. The van der Waals surface area contributed by atoms with Crippen molar-refractivity contribution >= 4 is 52.3 Å². The van der Waals surface area contributed by atoms with Gasteiger partial charge in [0, 0.05) is 17.1 Å². The molecule has 1 aliphatic carbocycles. The van der Waals surface area contributed by atoms with E-state index >= 15 is 0 Å². The molecule has 0 radical (unpaired) electrons. The topological polar surface area (TPSA) is 20.3 Å². The third-order valence-corrected chi connectivity index (χ3v) is 4.86. The molecule has 2 rings (SSSR count). The summed E-state index contributed by atoms with van der Waals surface area (Å²) in [5.41, 5.74) is 0.845. The van der Waals surface area contributed by atoms with Gasteiger partial charge in [0.25, 0.3) is 0 Å². The fourth-order valence-corrected chi connectivity index (χ4v) is 3.03. The second kappa shape index (κ2) is 5.33. The first-order chi connectivity index (χ1) is 8.74. The van der Waals surface area contributed by atoms with Crippen molar-refractivity contribution in [1.29, 1.82) is 0 Å². The summed E-state index contributed by atoms with van der Waals surface area (Å²) in [5.74, 6) is -0.391. The molecular weight excluding hydrogens is 328 g/mol. The van der Waals surface area contributed by atoms with Crippen LogP contribution in [0.2, 0.25) is 10.0 Å². The normalized spacial score (nSPS) is 21.9. The zero-order valence-electron chi connectivity index (χ0n) is 10.5. The fraction of sp³-hybridized carbons (Fsp3) is 0.462. The van der Waals surface area contributed by atoms with Crippen LogP contribution in [0.4, 0.5) is 0 Å². The molecule has 0 spiro atoms. The minimum Gasteiger partial charge on any atom is -0.339 e. The summed E-state index contributed by atoms with van der Waals surface area (Å²) >= 11 is 23.9. The second-order valence-electron chi connectivity index (χ2n) is 4.81. The number of alkyl halides is 2. The van der Waals surface area contributed by atoms with Gasteiger partial charge in [-0.25, -0.2) is 0 Å². The third-order valence-electron chi connectivity index (χ3n) is 3.47. The van der Waals surface area contributed by atoms with Crippen molar-refractivity contribution in [3.63, 3.8) is 0 Å². The summed E-state index contributed by atoms with van der Waals surface area (Å²) in [7, 11) is 1.72. The van der Waals surface area contributed by atoms with Gasteiger partial charge in [0.2, 0.25) is 5.91 Å². The predicted octanol–water partition coefficient (Wildman–Crippen LogP) is 4.71. The molecule has 0 N–H and O–H groups in total. The SMILES string of the molecule is CC(c1ccc(Cl)cc1Cl)N(C)C(=O)C1CC1(Cl)Cl. The van der Waals surface area contributed by atoms with Crippen molar-refractivity contribution in [3.05, 3.63) is 33.8 Å². The lowest BCUT2D eigenvalue weighted by Crippen LogP contribution is -2.32. The quantitative estimate of drug-likeness (QED) is 0.730. The summed E-state index contributed by atoms with van der Waals surface area (Å²) in [4.78, 5) is 13.8. The van der Waals surface area contributed by atoms with E-state index in [1.807, 2.05) is 13.0 Å². The highest BCUT2D eigenvalue weighted by Gasteiger charge is 2.57. The molecular formula is C13H13Cl4NO. The monoisotopic (exact) mass is 339 g/mol. The van der Waals surface area contributed by atoms with Gasteiger partial charge in [-0.1, -0.05) is 29.3 Å². The second-order valence-corrected chi connectivity index (χ2v) is 7.19. The van der Waals surface area contributed by atoms with E-state index in [4.69, 9.17) is 46.4 Å². The van der Waals surface area contributed by atoms with E-state index in [0.717, 1.165) is 5.56 Å². The number of amides is 1. The Balaban J connectivity index is 2.15. The number of carbonyl (C=O) groups excluding carboxylic acids is 1. The molecule has 104 valence electrons. The Morgan fingerprint density at radius 2 is 2.00 bits per heavy atom. The van der Waals surface area contributed by atoms with E-state index in [2.05, 4.69) is 0 Å². The fourth-order valence-electron chi connectivity index (χ4n) is 1.97. The van der Waals surface area contributed by atoms with Gasteiger partial charge in [-0.15, -0.1) is 23.2 Å². The van der Waals surface area contributed by atoms with E-state index in [-0.39, 0.29) is 17.9 Å². The van der Waals surface area contributed by atoms with Crippen molar-refractivity contribution in [2.45, 2.75) is 23.7 Å². The van der Waals surface area contributed by atoms with E-state index in [1.54, 1.807) is 24.1 Å². The molecule has 0 aromatic heterocycles. The number of hydrogen-bond donors (Lipinski definition) is 0. The lowest BCUT2D eigenvalue weighted by molar-refractivity contribution is -0.133. The van der Waals surface area contributed by atoms with Gasteiger partial charge in [-0.05, 0) is 31.0 Å². The number of benzene rings is 1. The van der Waals surface area contributed by atoms with Gasteiger partial charge in [-0.2, -0.15) is 0 Å². The Morgan fingerprint density at radius 1 is 1.42 bits per heavy atom. The van der Waals surface area contributed by atoms with E-state index in [9.17, 15) is 4.79 Å². The van der Waals surface area contributed by atoms with E-state index in [0.29, 0.717) is 16.5 Å². The van der Waals surface area contributed by atoms with Gasteiger partial charge >= 0.3 is 0 Å². The van der Waals surface area contributed by atoms with Crippen LogP contribution in [0.15, 0.2) is 18.2 Å². The van der Waals surface area contributed by atoms with E-state index in [1.165, 1.54) is 0 Å². The minimum absolute atomic E-state index is 0.0662.